The summed E-state index contributed by atoms with van der Waals surface area (Å²) < 4.78 is 14.8. The molecule has 0 aliphatic heterocycles. The zero-order valence-corrected chi connectivity index (χ0v) is 28.1. The molecule has 53 heavy (non-hydrogen) atoms. The van der Waals surface area contributed by atoms with Crippen LogP contribution in [0.15, 0.2) is 173 Å². The van der Waals surface area contributed by atoms with Gasteiger partial charge in [-0.05, 0) is 72.8 Å². The van der Waals surface area contributed by atoms with Crippen molar-refractivity contribution in [3.05, 3.63) is 164 Å². The van der Waals surface area contributed by atoms with Crippen LogP contribution in [0.5, 0.6) is 0 Å². The van der Waals surface area contributed by atoms with Crippen LogP contribution in [0.2, 0.25) is 0 Å². The zero-order valence-electron chi connectivity index (χ0n) is 28.1. The van der Waals surface area contributed by atoms with Gasteiger partial charge in [0.2, 0.25) is 5.89 Å². The molecule has 0 spiro atoms. The van der Waals surface area contributed by atoms with Gasteiger partial charge in [-0.2, -0.15) is 0 Å². The summed E-state index contributed by atoms with van der Waals surface area (Å²) in [6.07, 6.45) is 0. The number of fused-ring (bicyclic) bond motifs is 7. The molecule has 0 aliphatic carbocycles. The Bertz CT molecular complexity index is 3090. The highest BCUT2D eigenvalue weighted by molar-refractivity contribution is 6.12. The minimum absolute atomic E-state index is 0.549. The highest BCUT2D eigenvalue weighted by Crippen LogP contribution is 2.39. The molecule has 0 radical (unpaired) electrons. The topological polar surface area (TPSA) is 82.8 Å². The molecule has 0 fully saturated rings. The van der Waals surface area contributed by atoms with Crippen LogP contribution in [0.25, 0.3) is 106 Å². The van der Waals surface area contributed by atoms with E-state index in [9.17, 15) is 0 Å². The fourth-order valence-corrected chi connectivity index (χ4v) is 7.44. The molecular formula is C46H27N5O2. The Morgan fingerprint density at radius 3 is 1.77 bits per heavy atom. The fourth-order valence-electron chi connectivity index (χ4n) is 7.44. The van der Waals surface area contributed by atoms with E-state index in [1.165, 1.54) is 10.8 Å². The number of para-hydroxylation sites is 4. The van der Waals surface area contributed by atoms with Gasteiger partial charge in [0, 0.05) is 49.5 Å². The summed E-state index contributed by atoms with van der Waals surface area (Å²) in [4.78, 5) is 19.9. The Balaban J connectivity index is 1.05. The number of aromatic nitrogens is 5. The number of hydrogen-bond donors (Lipinski definition) is 0. The van der Waals surface area contributed by atoms with Crippen LogP contribution in [0.3, 0.4) is 0 Å². The van der Waals surface area contributed by atoms with Crippen LogP contribution in [0, 0.1) is 0 Å². The molecule has 11 aromatic rings. The average molecular weight is 682 g/mol. The molecule has 0 saturated carbocycles. The third kappa shape index (κ3) is 4.75. The fraction of sp³-hybridized carbons (Fsp3) is 0. The van der Waals surface area contributed by atoms with E-state index < -0.39 is 0 Å². The molecular weight excluding hydrogens is 655 g/mol. The number of oxazole rings is 1. The first kappa shape index (κ1) is 29.4. The van der Waals surface area contributed by atoms with Crippen molar-refractivity contribution in [2.75, 3.05) is 0 Å². The Morgan fingerprint density at radius 1 is 0.396 bits per heavy atom. The summed E-state index contributed by atoms with van der Waals surface area (Å²) >= 11 is 0. The highest BCUT2D eigenvalue weighted by Gasteiger charge is 2.19. The van der Waals surface area contributed by atoms with E-state index in [4.69, 9.17) is 28.8 Å². The first-order valence-corrected chi connectivity index (χ1v) is 17.5. The molecule has 0 saturated heterocycles. The van der Waals surface area contributed by atoms with Crippen molar-refractivity contribution in [1.82, 2.24) is 24.5 Å². The largest absolute Gasteiger partial charge is 0.456 e. The molecule has 7 heteroatoms. The van der Waals surface area contributed by atoms with Gasteiger partial charge in [-0.25, -0.2) is 19.9 Å². The van der Waals surface area contributed by atoms with Gasteiger partial charge in [-0.1, -0.05) is 91.0 Å². The third-order valence-corrected chi connectivity index (χ3v) is 9.91. The Morgan fingerprint density at radius 2 is 1.02 bits per heavy atom. The molecule has 7 aromatic carbocycles. The average Bonchev–Trinajstić information content (AvgIpc) is 3.93. The van der Waals surface area contributed by atoms with Crippen LogP contribution in [-0.2, 0) is 0 Å². The summed E-state index contributed by atoms with van der Waals surface area (Å²) in [5, 5.41) is 4.34. The van der Waals surface area contributed by atoms with Crippen molar-refractivity contribution < 1.29 is 8.83 Å². The van der Waals surface area contributed by atoms with E-state index in [1.54, 1.807) is 0 Å². The SMILES string of the molecule is c1ccc(-c2nc(-c3ccc(-n4c5ccccc5c5ccccc54)cc3)nc(-c3cccc4oc5cc(-c6nc7ccccc7o6)ccc5c34)n2)cc1. The maximum absolute atomic E-state index is 6.45. The second-order valence-corrected chi connectivity index (χ2v) is 13.1. The Hall–Kier alpha value is -7.38. The predicted molar refractivity (Wildman–Crippen MR) is 211 cm³/mol. The van der Waals surface area contributed by atoms with E-state index in [1.807, 2.05) is 84.9 Å². The third-order valence-electron chi connectivity index (χ3n) is 9.91. The molecule has 0 aliphatic rings. The van der Waals surface area contributed by atoms with Gasteiger partial charge in [-0.3, -0.25) is 0 Å². The van der Waals surface area contributed by atoms with Gasteiger partial charge < -0.3 is 13.4 Å². The Labute approximate surface area is 302 Å². The summed E-state index contributed by atoms with van der Waals surface area (Å²) in [6, 6.07) is 55.4. The van der Waals surface area contributed by atoms with E-state index in [2.05, 4.69) is 83.4 Å². The number of furan rings is 1. The lowest BCUT2D eigenvalue weighted by atomic mass is 10.0. The molecule has 0 bridgehead atoms. The summed E-state index contributed by atoms with van der Waals surface area (Å²) in [7, 11) is 0. The van der Waals surface area contributed by atoms with Crippen molar-refractivity contribution in [2.45, 2.75) is 0 Å². The first-order chi connectivity index (χ1) is 26.2. The van der Waals surface area contributed by atoms with Crippen molar-refractivity contribution in [3.63, 3.8) is 0 Å². The molecule has 0 N–H and O–H groups in total. The van der Waals surface area contributed by atoms with Crippen molar-refractivity contribution in [3.8, 4) is 51.3 Å². The highest BCUT2D eigenvalue weighted by atomic mass is 16.3. The van der Waals surface area contributed by atoms with Gasteiger partial charge in [0.1, 0.15) is 16.7 Å². The predicted octanol–water partition coefficient (Wildman–Crippen LogP) is 11.7. The van der Waals surface area contributed by atoms with Gasteiger partial charge in [0.05, 0.1) is 11.0 Å². The number of benzene rings is 7. The lowest BCUT2D eigenvalue weighted by Gasteiger charge is -2.11. The van der Waals surface area contributed by atoms with Crippen LogP contribution < -0.4 is 0 Å². The van der Waals surface area contributed by atoms with Crippen LogP contribution in [0.1, 0.15) is 0 Å². The van der Waals surface area contributed by atoms with Crippen LogP contribution in [-0.4, -0.2) is 24.5 Å². The van der Waals surface area contributed by atoms with E-state index in [0.717, 1.165) is 72.0 Å². The smallest absolute Gasteiger partial charge is 0.227 e. The number of nitrogens with zero attached hydrogens (tertiary/aromatic N) is 5. The second kappa shape index (κ2) is 11.6. The van der Waals surface area contributed by atoms with Gasteiger partial charge >= 0.3 is 0 Å². The number of hydrogen-bond acceptors (Lipinski definition) is 6. The van der Waals surface area contributed by atoms with E-state index in [-0.39, 0.29) is 0 Å². The zero-order chi connectivity index (χ0) is 34.9. The van der Waals surface area contributed by atoms with Crippen LogP contribution >= 0.6 is 0 Å². The van der Waals surface area contributed by atoms with Gasteiger partial charge in [-0.15, -0.1) is 0 Å². The van der Waals surface area contributed by atoms with Gasteiger partial charge in [0.25, 0.3) is 0 Å². The summed E-state index contributed by atoms with van der Waals surface area (Å²) in [5.41, 5.74) is 9.92. The first-order valence-electron chi connectivity index (χ1n) is 17.5. The van der Waals surface area contributed by atoms with E-state index in [0.29, 0.717) is 23.4 Å². The number of rotatable bonds is 5. The maximum atomic E-state index is 6.45. The molecule has 0 amide bonds. The Kier molecular flexibility index (Phi) is 6.42. The molecule has 7 nitrogen and oxygen atoms in total. The lowest BCUT2D eigenvalue weighted by molar-refractivity contribution is 0.619. The van der Waals surface area contributed by atoms with Crippen molar-refractivity contribution in [2.24, 2.45) is 0 Å². The molecule has 4 aromatic heterocycles. The molecule has 4 heterocycles. The van der Waals surface area contributed by atoms with E-state index >= 15 is 0 Å². The minimum atomic E-state index is 0.549. The van der Waals surface area contributed by atoms with Crippen LogP contribution in [0.4, 0.5) is 0 Å². The quantitative estimate of drug-likeness (QED) is 0.180. The van der Waals surface area contributed by atoms with Gasteiger partial charge in [0.15, 0.2) is 23.1 Å². The maximum Gasteiger partial charge on any atom is 0.227 e. The summed E-state index contributed by atoms with van der Waals surface area (Å²) in [6.45, 7) is 0. The van der Waals surface area contributed by atoms with Crippen molar-refractivity contribution >= 4 is 54.8 Å². The normalized spacial score (nSPS) is 11.8. The monoisotopic (exact) mass is 681 g/mol. The molecule has 0 atom stereocenters. The van der Waals surface area contributed by atoms with Crippen molar-refractivity contribution in [1.29, 1.82) is 0 Å². The molecule has 248 valence electrons. The second-order valence-electron chi connectivity index (χ2n) is 13.1. The minimum Gasteiger partial charge on any atom is -0.456 e. The lowest BCUT2D eigenvalue weighted by Crippen LogP contribution is -2.01. The molecule has 0 unspecified atom stereocenters. The standard InChI is InChI=1S/C46H27N5O2/c1-2-11-28(12-3-1)43-48-44(29-21-24-31(25-22-29)51-37-17-7-4-13-32(37)33-14-5-8-18-38(33)51)50-45(49-43)35-15-10-20-40-42(35)34-26-23-30(27-41(34)52-40)46-47-36-16-6-9-19-39(36)53-46/h1-27H. The summed E-state index contributed by atoms with van der Waals surface area (Å²) in [5.74, 6) is 2.30. The molecule has 11 rings (SSSR count).